The second-order valence-corrected chi connectivity index (χ2v) is 17.8. The van der Waals surface area contributed by atoms with Crippen LogP contribution >= 0.6 is 0 Å². The van der Waals surface area contributed by atoms with Crippen molar-refractivity contribution in [2.45, 2.75) is 184 Å². The van der Waals surface area contributed by atoms with Crippen LogP contribution in [0.3, 0.4) is 0 Å². The van der Waals surface area contributed by atoms with Crippen molar-refractivity contribution >= 4 is 11.8 Å². The minimum absolute atomic E-state index is 0.0293. The molecule has 5 saturated heterocycles. The number of nitro groups is 1. The largest absolute Gasteiger partial charge is 0.390 e. The molecule has 6 rings (SSSR count). The van der Waals surface area contributed by atoms with E-state index in [0.29, 0.717) is 25.7 Å². The normalized spacial score (nSPS) is 40.8. The first-order valence-electron chi connectivity index (χ1n) is 20.9. The van der Waals surface area contributed by atoms with Crippen molar-refractivity contribution in [3.05, 3.63) is 94.1 Å². The van der Waals surface area contributed by atoms with Gasteiger partial charge < -0.3 is 33.9 Å². The first-order valence-corrected chi connectivity index (χ1v) is 20.9. The van der Waals surface area contributed by atoms with Crippen molar-refractivity contribution in [1.29, 1.82) is 0 Å². The van der Waals surface area contributed by atoms with Gasteiger partial charge in [0.1, 0.15) is 6.10 Å². The van der Waals surface area contributed by atoms with Crippen molar-refractivity contribution in [2.24, 2.45) is 5.92 Å². The van der Waals surface area contributed by atoms with E-state index in [-0.39, 0.29) is 54.3 Å². The van der Waals surface area contributed by atoms with E-state index in [2.05, 4.69) is 59.4 Å². The number of hydrogen-bond donors (Lipinski definition) is 2. The summed E-state index contributed by atoms with van der Waals surface area (Å²) in [6.45, 7) is 16.3. The van der Waals surface area contributed by atoms with Gasteiger partial charge in [-0.05, 0) is 122 Å². The molecule has 0 aliphatic carbocycles. The summed E-state index contributed by atoms with van der Waals surface area (Å²) in [4.78, 5) is 10.5. The summed E-state index contributed by atoms with van der Waals surface area (Å²) in [5.41, 5.74) is 1.14. The third kappa shape index (κ3) is 9.83. The second-order valence-electron chi connectivity index (χ2n) is 17.8. The molecule has 5 fully saturated rings. The molecule has 1 aromatic carbocycles. The van der Waals surface area contributed by atoms with Gasteiger partial charge >= 0.3 is 0 Å². The van der Waals surface area contributed by atoms with E-state index >= 15 is 0 Å². The average molecular weight is 776 g/mol. The van der Waals surface area contributed by atoms with E-state index in [1.165, 1.54) is 17.7 Å². The molecular weight excluding hydrogens is 711 g/mol. The van der Waals surface area contributed by atoms with Gasteiger partial charge in [-0.2, -0.15) is 0 Å². The van der Waals surface area contributed by atoms with Crippen LogP contribution in [0.25, 0.3) is 6.08 Å². The van der Waals surface area contributed by atoms with E-state index in [0.717, 1.165) is 56.1 Å². The molecule has 2 N–H and O–H groups in total. The van der Waals surface area contributed by atoms with Crippen LogP contribution in [0.5, 0.6) is 0 Å². The van der Waals surface area contributed by atoms with Gasteiger partial charge in [-0.1, -0.05) is 61.6 Å². The number of rotatable bonds is 11. The predicted molar refractivity (Wildman–Crippen MR) is 218 cm³/mol. The fourth-order valence-electron chi connectivity index (χ4n) is 9.54. The molecule has 308 valence electrons. The van der Waals surface area contributed by atoms with Gasteiger partial charge in [-0.25, -0.2) is 0 Å². The molecule has 5 aliphatic rings. The lowest BCUT2D eigenvalue weighted by Gasteiger charge is -2.49. The summed E-state index contributed by atoms with van der Waals surface area (Å²) >= 11 is 0. The van der Waals surface area contributed by atoms with Gasteiger partial charge in [0.2, 0.25) is 0 Å². The number of fused-ring (bicyclic) bond motifs is 4. The van der Waals surface area contributed by atoms with Crippen LogP contribution in [-0.2, 0) is 23.7 Å². The van der Waals surface area contributed by atoms with Gasteiger partial charge in [-0.3, -0.25) is 10.1 Å². The Morgan fingerprint density at radius 2 is 1.61 bits per heavy atom. The third-order valence-corrected chi connectivity index (χ3v) is 13.3. The predicted octanol–water partition coefficient (Wildman–Crippen LogP) is 8.90. The number of nitrogens with zero attached hydrogens (tertiary/aromatic N) is 1. The van der Waals surface area contributed by atoms with Crippen LogP contribution < -0.4 is 0 Å². The topological polar surface area (TPSA) is 130 Å². The van der Waals surface area contributed by atoms with E-state index in [9.17, 15) is 20.3 Å². The van der Waals surface area contributed by atoms with E-state index < -0.39 is 33.9 Å². The molecule has 10 heteroatoms. The first kappa shape index (κ1) is 42.6. The summed E-state index contributed by atoms with van der Waals surface area (Å²) in [5.74, 6) is 0.276. The molecule has 13 unspecified atom stereocenters. The van der Waals surface area contributed by atoms with Crippen molar-refractivity contribution in [3.8, 4) is 0 Å². The maximum atomic E-state index is 11.8. The number of non-ortho nitro benzene ring substituents is 1. The van der Waals surface area contributed by atoms with Gasteiger partial charge in [0.05, 0.1) is 70.6 Å². The number of ether oxygens (including phenoxy) is 5. The number of benzene rings is 1. The molecule has 1 aromatic rings. The smallest absolute Gasteiger partial charge is 0.269 e. The molecule has 56 heavy (non-hydrogen) atoms. The molecule has 0 saturated carbocycles. The number of nitro benzene ring substituents is 1. The highest BCUT2D eigenvalue weighted by atomic mass is 16.6. The summed E-state index contributed by atoms with van der Waals surface area (Å²) in [6, 6.07) is 6.52. The average Bonchev–Trinajstić information content (AvgIpc) is 3.41. The molecule has 5 aliphatic heterocycles. The summed E-state index contributed by atoms with van der Waals surface area (Å²) in [7, 11) is 0. The molecule has 0 radical (unpaired) electrons. The molecule has 0 bridgehead atoms. The first-order chi connectivity index (χ1) is 26.6. The molecule has 13 atom stereocenters. The quantitative estimate of drug-likeness (QED) is 0.129. The monoisotopic (exact) mass is 775 g/mol. The zero-order valence-electron chi connectivity index (χ0n) is 34.3. The van der Waals surface area contributed by atoms with Crippen LogP contribution in [0.1, 0.15) is 118 Å². The Morgan fingerprint density at radius 3 is 2.34 bits per heavy atom. The maximum absolute atomic E-state index is 11.8. The lowest BCUT2D eigenvalue weighted by Crippen LogP contribution is -2.59. The van der Waals surface area contributed by atoms with Crippen LogP contribution in [-0.4, -0.2) is 86.9 Å². The molecule has 0 aromatic heterocycles. The van der Waals surface area contributed by atoms with Gasteiger partial charge in [-0.15, -0.1) is 0 Å². The van der Waals surface area contributed by atoms with Crippen LogP contribution in [0.4, 0.5) is 5.69 Å². The lowest BCUT2D eigenvalue weighted by molar-refractivity contribution is -0.384. The minimum atomic E-state index is -0.938. The Morgan fingerprint density at radius 1 is 0.911 bits per heavy atom. The van der Waals surface area contributed by atoms with Crippen LogP contribution in [0.2, 0.25) is 0 Å². The molecular formula is C46H65NO9. The Hall–Kier alpha value is -2.96. The number of aliphatic hydroxyl groups excluding tert-OH is 1. The molecule has 5 heterocycles. The Labute approximate surface area is 333 Å². The van der Waals surface area contributed by atoms with Gasteiger partial charge in [0, 0.05) is 25.0 Å². The zero-order chi connectivity index (χ0) is 40.3. The highest BCUT2D eigenvalue weighted by molar-refractivity contribution is 5.54. The van der Waals surface area contributed by atoms with Crippen molar-refractivity contribution in [2.75, 3.05) is 0 Å². The zero-order valence-corrected chi connectivity index (χ0v) is 34.3. The fraction of sp³-hybridized carbons (Fsp3) is 0.652. The standard InChI is InChI=1S/C46H65NO9/c1-8-9-10-11-18-40-44(5,49)25-23-37-38(52-40)24-26-45(6)42(53-37)28-39-43(56-45)35(48)29-46(7)41(54-39)27-32(4)36(55-46)17-13-15-31(3)30(2)14-12-16-33-19-21-34(22-20-33)47(50)51/h8-10,12,14-16,19-22,32,35-43,48-49H,1,11,13,17-18,23-29H2,2-7H3/b10-9-,16-12+,30-14+,31-15+. The highest BCUT2D eigenvalue weighted by Gasteiger charge is 2.58. The van der Waals surface area contributed by atoms with Crippen LogP contribution in [0, 0.1) is 16.0 Å². The van der Waals surface area contributed by atoms with E-state index in [1.807, 2.05) is 25.2 Å². The summed E-state index contributed by atoms with van der Waals surface area (Å²) in [5, 5.41) is 34.2. The second kappa shape index (κ2) is 17.9. The van der Waals surface area contributed by atoms with E-state index in [1.54, 1.807) is 18.2 Å². The molecule has 10 nitrogen and oxygen atoms in total. The number of hydrogen-bond acceptors (Lipinski definition) is 9. The Bertz CT molecular complexity index is 1650. The van der Waals surface area contributed by atoms with Gasteiger partial charge in [0.25, 0.3) is 5.69 Å². The number of aliphatic hydroxyl groups is 2. The molecule has 0 amide bonds. The lowest BCUT2D eigenvalue weighted by atomic mass is 9.79. The van der Waals surface area contributed by atoms with Crippen molar-refractivity contribution in [1.82, 2.24) is 0 Å². The maximum Gasteiger partial charge on any atom is 0.269 e. The van der Waals surface area contributed by atoms with Crippen molar-refractivity contribution in [3.63, 3.8) is 0 Å². The van der Waals surface area contributed by atoms with E-state index in [4.69, 9.17) is 23.7 Å². The molecule has 0 spiro atoms. The third-order valence-electron chi connectivity index (χ3n) is 13.3. The summed E-state index contributed by atoms with van der Waals surface area (Å²) in [6.07, 6.45) is 19.4. The SMILES string of the molecule is C=C/C=C\CCC1OC2CCC3(C)OC4C(O)CC5(C)OC(CC/C=C(C)/C(C)=C/C=C/c6ccc([N+](=O)[O-])cc6)C(C)CC5OC4CC3OC2CCC1(C)O. The van der Waals surface area contributed by atoms with Crippen LogP contribution in [0.15, 0.2) is 78.4 Å². The van der Waals surface area contributed by atoms with Crippen molar-refractivity contribution < 1.29 is 38.8 Å². The Balaban J connectivity index is 1.06. The van der Waals surface area contributed by atoms with Gasteiger partial charge in [0.15, 0.2) is 0 Å². The minimum Gasteiger partial charge on any atom is -0.390 e. The Kier molecular flexibility index (Phi) is 13.6. The highest BCUT2D eigenvalue weighted by Crippen LogP contribution is 2.49. The number of allylic oxidation sites excluding steroid dienone is 8. The summed E-state index contributed by atoms with van der Waals surface area (Å²) < 4.78 is 34.4. The fourth-order valence-corrected chi connectivity index (χ4v) is 9.54.